The largest absolute Gasteiger partial charge is 0.387 e. The van der Waals surface area contributed by atoms with Gasteiger partial charge in [0.05, 0.1) is 0 Å². The van der Waals surface area contributed by atoms with E-state index in [1.54, 1.807) is 0 Å². The average Bonchev–Trinajstić information content (AvgIpc) is 2.09. The average molecular weight is 196 g/mol. The van der Waals surface area contributed by atoms with Crippen molar-refractivity contribution < 1.29 is 35.7 Å². The van der Waals surface area contributed by atoms with Crippen LogP contribution in [0.3, 0.4) is 0 Å². The van der Waals surface area contributed by atoms with Crippen LogP contribution in [0, 0.1) is 0 Å². The highest BCUT2D eigenvalue weighted by Crippen LogP contribution is 2.27. The van der Waals surface area contributed by atoms with Crippen LogP contribution in [-0.2, 0) is 0 Å². The summed E-state index contributed by atoms with van der Waals surface area (Å²) in [5, 5.41) is 62.9. The summed E-state index contributed by atoms with van der Waals surface area (Å²) in [6, 6.07) is 0. The van der Waals surface area contributed by atoms with E-state index in [9.17, 15) is 0 Å². The predicted octanol–water partition coefficient (Wildman–Crippen LogP) is -4.51. The van der Waals surface area contributed by atoms with E-state index in [-0.39, 0.29) is 0 Å². The first-order valence-corrected chi connectivity index (χ1v) is 3.65. The topological polar surface area (TPSA) is 142 Å². The van der Waals surface area contributed by atoms with Crippen molar-refractivity contribution in [3.8, 4) is 0 Å². The van der Waals surface area contributed by atoms with Gasteiger partial charge in [-0.15, -0.1) is 0 Å². The van der Waals surface area contributed by atoms with E-state index in [0.717, 1.165) is 0 Å². The SMILES string of the molecule is OC1C(O)C(O)C(O)(O)C(O)C1O. The van der Waals surface area contributed by atoms with Crippen molar-refractivity contribution in [2.45, 2.75) is 36.3 Å². The second kappa shape index (κ2) is 3.14. The molecule has 1 fully saturated rings. The van der Waals surface area contributed by atoms with Gasteiger partial charge in [0.2, 0.25) is 5.79 Å². The maximum absolute atomic E-state index is 8.99. The summed E-state index contributed by atoms with van der Waals surface area (Å²) in [6.07, 6.45) is -9.94. The molecule has 7 nitrogen and oxygen atoms in total. The van der Waals surface area contributed by atoms with Crippen molar-refractivity contribution in [2.24, 2.45) is 0 Å². The highest BCUT2D eigenvalue weighted by atomic mass is 16.6. The minimum atomic E-state index is -3.03. The van der Waals surface area contributed by atoms with Crippen LogP contribution in [0.15, 0.2) is 0 Å². The third kappa shape index (κ3) is 1.44. The van der Waals surface area contributed by atoms with Gasteiger partial charge in [-0.1, -0.05) is 0 Å². The number of aliphatic hydroxyl groups is 7. The van der Waals surface area contributed by atoms with Crippen LogP contribution >= 0.6 is 0 Å². The van der Waals surface area contributed by atoms with E-state index in [0.29, 0.717) is 0 Å². The molecule has 4 atom stereocenters. The van der Waals surface area contributed by atoms with Crippen molar-refractivity contribution in [1.29, 1.82) is 0 Å². The molecular weight excluding hydrogens is 184 g/mol. The standard InChI is InChI=1S/C6H12O7/c7-1-2(8)4(10)6(12,13)5(11)3(1)9/h1-5,7-13H. The molecule has 13 heavy (non-hydrogen) atoms. The van der Waals surface area contributed by atoms with Crippen molar-refractivity contribution in [2.75, 3.05) is 0 Å². The molecule has 0 saturated heterocycles. The molecule has 0 radical (unpaired) electrons. The lowest BCUT2D eigenvalue weighted by atomic mass is 9.82. The Bertz CT molecular complexity index is 175. The molecule has 1 saturated carbocycles. The number of aliphatic hydroxyl groups excluding tert-OH is 5. The quantitative estimate of drug-likeness (QED) is 0.193. The molecule has 78 valence electrons. The van der Waals surface area contributed by atoms with Gasteiger partial charge >= 0.3 is 0 Å². The van der Waals surface area contributed by atoms with Crippen molar-refractivity contribution in [1.82, 2.24) is 0 Å². The van der Waals surface area contributed by atoms with Crippen LogP contribution in [0.4, 0.5) is 0 Å². The molecule has 0 aromatic carbocycles. The van der Waals surface area contributed by atoms with Crippen LogP contribution in [0.2, 0.25) is 0 Å². The summed E-state index contributed by atoms with van der Waals surface area (Å²) in [5.41, 5.74) is 0. The molecule has 0 aliphatic heterocycles. The lowest BCUT2D eigenvalue weighted by molar-refractivity contribution is -0.344. The van der Waals surface area contributed by atoms with E-state index in [4.69, 9.17) is 35.7 Å². The molecule has 0 aromatic rings. The second-order valence-electron chi connectivity index (χ2n) is 3.14. The number of hydrogen-bond acceptors (Lipinski definition) is 7. The molecule has 7 heteroatoms. The van der Waals surface area contributed by atoms with Gasteiger partial charge in [0, 0.05) is 0 Å². The Hall–Kier alpha value is -0.280. The fourth-order valence-electron chi connectivity index (χ4n) is 1.25. The maximum Gasteiger partial charge on any atom is 0.221 e. The first kappa shape index (κ1) is 10.8. The zero-order valence-corrected chi connectivity index (χ0v) is 6.52. The lowest BCUT2D eigenvalue weighted by Gasteiger charge is -2.44. The number of hydrogen-bond donors (Lipinski definition) is 7. The monoisotopic (exact) mass is 196 g/mol. The van der Waals surface area contributed by atoms with Crippen LogP contribution in [0.1, 0.15) is 0 Å². The Morgan fingerprint density at radius 3 is 1.23 bits per heavy atom. The van der Waals surface area contributed by atoms with Gasteiger partial charge in [-0.2, -0.15) is 0 Å². The van der Waals surface area contributed by atoms with Gasteiger partial charge in [0.15, 0.2) is 0 Å². The fourth-order valence-corrected chi connectivity index (χ4v) is 1.25. The maximum atomic E-state index is 8.99. The van der Waals surface area contributed by atoms with Gasteiger partial charge in [-0.3, -0.25) is 0 Å². The van der Waals surface area contributed by atoms with Crippen LogP contribution in [0.5, 0.6) is 0 Å². The van der Waals surface area contributed by atoms with Crippen molar-refractivity contribution in [3.63, 3.8) is 0 Å². The van der Waals surface area contributed by atoms with E-state index in [1.165, 1.54) is 0 Å². The Balaban J connectivity index is 2.93. The number of rotatable bonds is 0. The summed E-state index contributed by atoms with van der Waals surface area (Å²) >= 11 is 0. The zero-order valence-electron chi connectivity index (χ0n) is 6.52. The summed E-state index contributed by atoms with van der Waals surface area (Å²) in [6.45, 7) is 0. The Labute approximate surface area is 73.1 Å². The van der Waals surface area contributed by atoms with Crippen LogP contribution < -0.4 is 0 Å². The van der Waals surface area contributed by atoms with Gasteiger partial charge < -0.3 is 35.7 Å². The van der Waals surface area contributed by atoms with Gasteiger partial charge in [-0.05, 0) is 0 Å². The highest BCUT2D eigenvalue weighted by Gasteiger charge is 2.56. The van der Waals surface area contributed by atoms with Gasteiger partial charge in [-0.25, -0.2) is 0 Å². The minimum absolute atomic E-state index is 1.82. The zero-order chi connectivity index (χ0) is 10.4. The molecule has 0 heterocycles. The summed E-state index contributed by atoms with van der Waals surface area (Å²) in [5.74, 6) is -3.03. The normalized spacial score (nSPS) is 50.5. The third-order valence-corrected chi connectivity index (χ3v) is 2.22. The molecule has 1 aliphatic rings. The first-order valence-electron chi connectivity index (χ1n) is 3.65. The minimum Gasteiger partial charge on any atom is -0.387 e. The molecule has 1 rings (SSSR count). The second-order valence-corrected chi connectivity index (χ2v) is 3.14. The van der Waals surface area contributed by atoms with Crippen molar-refractivity contribution >= 4 is 0 Å². The summed E-state index contributed by atoms with van der Waals surface area (Å²) in [7, 11) is 0. The van der Waals surface area contributed by atoms with E-state index in [1.807, 2.05) is 0 Å². The predicted molar refractivity (Wildman–Crippen MR) is 37.2 cm³/mol. The lowest BCUT2D eigenvalue weighted by Crippen LogP contribution is -2.70. The molecule has 7 N–H and O–H groups in total. The molecule has 1 aliphatic carbocycles. The molecule has 0 bridgehead atoms. The van der Waals surface area contributed by atoms with E-state index < -0.39 is 36.3 Å². The molecular formula is C6H12O7. The van der Waals surface area contributed by atoms with Crippen LogP contribution in [0.25, 0.3) is 0 Å². The molecule has 0 aromatic heterocycles. The summed E-state index contributed by atoms with van der Waals surface area (Å²) < 4.78 is 0. The van der Waals surface area contributed by atoms with Gasteiger partial charge in [0.25, 0.3) is 0 Å². The Kier molecular flexibility index (Phi) is 2.61. The highest BCUT2D eigenvalue weighted by molar-refractivity contribution is 5.02. The Morgan fingerprint density at radius 1 is 0.615 bits per heavy atom. The smallest absolute Gasteiger partial charge is 0.221 e. The van der Waals surface area contributed by atoms with E-state index in [2.05, 4.69) is 0 Å². The van der Waals surface area contributed by atoms with Crippen LogP contribution in [-0.4, -0.2) is 72.1 Å². The van der Waals surface area contributed by atoms with Crippen molar-refractivity contribution in [3.05, 3.63) is 0 Å². The first-order chi connectivity index (χ1) is 5.80. The third-order valence-electron chi connectivity index (χ3n) is 2.22. The summed E-state index contributed by atoms with van der Waals surface area (Å²) in [4.78, 5) is 0. The fraction of sp³-hybridized carbons (Fsp3) is 1.00. The molecule has 0 amide bonds. The molecule has 4 unspecified atom stereocenters. The van der Waals surface area contributed by atoms with E-state index >= 15 is 0 Å². The van der Waals surface area contributed by atoms with Gasteiger partial charge in [0.1, 0.15) is 30.5 Å². The molecule has 0 spiro atoms. The Morgan fingerprint density at radius 2 is 0.923 bits per heavy atom.